The summed E-state index contributed by atoms with van der Waals surface area (Å²) in [6.45, 7) is 8.74. The van der Waals surface area contributed by atoms with Gasteiger partial charge in [0.2, 0.25) is 0 Å². The fraction of sp³-hybridized carbons (Fsp3) is 0.481. The van der Waals surface area contributed by atoms with Crippen LogP contribution in [0.4, 0.5) is 11.5 Å². The SMILES string of the molecule is CCOC(=O)C1CCN(C(=O)c2sc3ncnc(N4CCN(c5ccc(OC)cc5)CC4)c3c2C)CC1. The van der Waals surface area contributed by atoms with Crippen LogP contribution in [-0.4, -0.2) is 79.7 Å². The van der Waals surface area contributed by atoms with Crippen LogP contribution in [0.1, 0.15) is 35.0 Å². The van der Waals surface area contributed by atoms with Crippen molar-refractivity contribution in [3.63, 3.8) is 0 Å². The first-order valence-electron chi connectivity index (χ1n) is 12.8. The number of aryl methyl sites for hydroxylation is 1. The Morgan fingerprint density at radius 1 is 1.00 bits per heavy atom. The lowest BCUT2D eigenvalue weighted by Gasteiger charge is -2.37. The van der Waals surface area contributed by atoms with Crippen LogP contribution in [0, 0.1) is 12.8 Å². The van der Waals surface area contributed by atoms with E-state index in [-0.39, 0.29) is 17.8 Å². The van der Waals surface area contributed by atoms with E-state index in [4.69, 9.17) is 9.47 Å². The van der Waals surface area contributed by atoms with Crippen LogP contribution < -0.4 is 14.5 Å². The van der Waals surface area contributed by atoms with E-state index in [2.05, 4.69) is 31.9 Å². The number of piperazine rings is 1. The summed E-state index contributed by atoms with van der Waals surface area (Å²) in [4.78, 5) is 42.8. The van der Waals surface area contributed by atoms with Crippen LogP contribution in [0.15, 0.2) is 30.6 Å². The molecule has 0 spiro atoms. The molecule has 5 rings (SSSR count). The number of hydrogen-bond donors (Lipinski definition) is 0. The Bertz CT molecular complexity index is 1260. The van der Waals surface area contributed by atoms with Crippen molar-refractivity contribution in [1.82, 2.24) is 14.9 Å². The zero-order valence-electron chi connectivity index (χ0n) is 21.6. The van der Waals surface area contributed by atoms with Gasteiger partial charge >= 0.3 is 5.97 Å². The molecule has 0 saturated carbocycles. The maximum Gasteiger partial charge on any atom is 0.309 e. The number of rotatable bonds is 6. The molecule has 1 amide bonds. The van der Waals surface area contributed by atoms with Crippen LogP contribution in [0.3, 0.4) is 0 Å². The van der Waals surface area contributed by atoms with Gasteiger partial charge in [-0.1, -0.05) is 0 Å². The summed E-state index contributed by atoms with van der Waals surface area (Å²) in [5.74, 6) is 1.49. The molecule has 2 aromatic heterocycles. The fourth-order valence-electron chi connectivity index (χ4n) is 5.19. The Labute approximate surface area is 221 Å². The highest BCUT2D eigenvalue weighted by atomic mass is 32.1. The number of piperidine rings is 1. The molecule has 0 bridgehead atoms. The monoisotopic (exact) mass is 523 g/mol. The van der Waals surface area contributed by atoms with Gasteiger partial charge in [-0.15, -0.1) is 11.3 Å². The second-order valence-corrected chi connectivity index (χ2v) is 10.4. The van der Waals surface area contributed by atoms with Gasteiger partial charge in [0.25, 0.3) is 5.91 Å². The third-order valence-electron chi connectivity index (χ3n) is 7.32. The van der Waals surface area contributed by atoms with Crippen LogP contribution in [0.2, 0.25) is 0 Å². The lowest BCUT2D eigenvalue weighted by Crippen LogP contribution is -2.46. The molecule has 2 fully saturated rings. The highest BCUT2D eigenvalue weighted by molar-refractivity contribution is 7.20. The first-order chi connectivity index (χ1) is 18.0. The summed E-state index contributed by atoms with van der Waals surface area (Å²) in [6, 6.07) is 8.16. The molecule has 0 atom stereocenters. The summed E-state index contributed by atoms with van der Waals surface area (Å²) in [5.41, 5.74) is 2.12. The average Bonchev–Trinajstić information content (AvgIpc) is 3.29. The second kappa shape index (κ2) is 10.9. The van der Waals surface area contributed by atoms with Crippen molar-refractivity contribution in [2.24, 2.45) is 5.92 Å². The van der Waals surface area contributed by atoms with Gasteiger partial charge in [0.1, 0.15) is 22.7 Å². The summed E-state index contributed by atoms with van der Waals surface area (Å²) in [7, 11) is 1.68. The maximum absolute atomic E-state index is 13.5. The zero-order valence-corrected chi connectivity index (χ0v) is 22.4. The fourth-order valence-corrected chi connectivity index (χ4v) is 6.30. The number of fused-ring (bicyclic) bond motifs is 1. The van der Waals surface area contributed by atoms with E-state index < -0.39 is 0 Å². The summed E-state index contributed by atoms with van der Waals surface area (Å²) in [5, 5.41) is 0.968. The van der Waals surface area contributed by atoms with Crippen LogP contribution in [0.5, 0.6) is 5.75 Å². The van der Waals surface area contributed by atoms with Crippen molar-refractivity contribution in [2.45, 2.75) is 26.7 Å². The lowest BCUT2D eigenvalue weighted by atomic mass is 9.97. The Morgan fingerprint density at radius 3 is 2.32 bits per heavy atom. The first kappa shape index (κ1) is 25.3. The van der Waals surface area contributed by atoms with Crippen molar-refractivity contribution in [3.05, 3.63) is 41.0 Å². The van der Waals surface area contributed by atoms with Crippen LogP contribution in [-0.2, 0) is 9.53 Å². The number of hydrogen-bond acceptors (Lipinski definition) is 9. The van der Waals surface area contributed by atoms with E-state index in [9.17, 15) is 9.59 Å². The van der Waals surface area contributed by atoms with E-state index in [1.54, 1.807) is 13.4 Å². The van der Waals surface area contributed by atoms with Crippen molar-refractivity contribution >= 4 is 44.9 Å². The van der Waals surface area contributed by atoms with E-state index in [1.165, 1.54) is 17.0 Å². The molecule has 196 valence electrons. The molecule has 0 radical (unpaired) electrons. The number of esters is 1. The van der Waals surface area contributed by atoms with Gasteiger partial charge in [-0.05, 0) is 56.5 Å². The van der Waals surface area contributed by atoms with Crippen molar-refractivity contribution in [3.8, 4) is 5.75 Å². The topological polar surface area (TPSA) is 88.1 Å². The minimum atomic E-state index is -0.153. The summed E-state index contributed by atoms with van der Waals surface area (Å²) >= 11 is 1.44. The summed E-state index contributed by atoms with van der Waals surface area (Å²) < 4.78 is 10.4. The first-order valence-corrected chi connectivity index (χ1v) is 13.7. The minimum Gasteiger partial charge on any atom is -0.497 e. The van der Waals surface area contributed by atoms with Crippen molar-refractivity contribution < 1.29 is 19.1 Å². The Hall–Kier alpha value is -3.40. The molecule has 10 heteroatoms. The molecular weight excluding hydrogens is 490 g/mol. The van der Waals surface area contributed by atoms with Crippen LogP contribution >= 0.6 is 11.3 Å². The van der Waals surface area contributed by atoms with E-state index in [0.29, 0.717) is 37.4 Å². The zero-order chi connectivity index (χ0) is 25.9. The number of anilines is 2. The number of amides is 1. The number of thiophene rings is 1. The number of benzene rings is 1. The van der Waals surface area contributed by atoms with Gasteiger partial charge in [-0.25, -0.2) is 9.97 Å². The molecule has 37 heavy (non-hydrogen) atoms. The lowest BCUT2D eigenvalue weighted by molar-refractivity contribution is -0.149. The number of carbonyl (C=O) groups is 2. The number of ether oxygens (including phenoxy) is 2. The standard InChI is InChI=1S/C27H33N5O4S/c1-4-36-27(34)19-9-11-32(12-10-19)26(33)23-18(2)22-24(28-17-29-25(22)37-23)31-15-13-30(14-16-31)20-5-7-21(35-3)8-6-20/h5-8,17,19H,4,9-16H2,1-3H3. The number of carbonyl (C=O) groups excluding carboxylic acids is 2. The van der Waals surface area contributed by atoms with Gasteiger partial charge in [-0.2, -0.15) is 0 Å². The van der Waals surface area contributed by atoms with Gasteiger partial charge in [0.15, 0.2) is 0 Å². The van der Waals surface area contributed by atoms with Crippen LogP contribution in [0.25, 0.3) is 10.2 Å². The number of nitrogens with zero attached hydrogens (tertiary/aromatic N) is 5. The molecular formula is C27H33N5O4S. The number of methoxy groups -OCH3 is 1. The minimum absolute atomic E-state index is 0.0121. The van der Waals surface area contributed by atoms with Gasteiger partial charge in [0, 0.05) is 45.0 Å². The molecule has 0 N–H and O–H groups in total. The van der Waals surface area contributed by atoms with Crippen molar-refractivity contribution in [2.75, 3.05) is 62.8 Å². The van der Waals surface area contributed by atoms with Gasteiger partial charge < -0.3 is 24.2 Å². The Kier molecular flexibility index (Phi) is 7.45. The van der Waals surface area contributed by atoms with Gasteiger partial charge in [-0.3, -0.25) is 9.59 Å². The molecule has 9 nitrogen and oxygen atoms in total. The Balaban J connectivity index is 1.29. The molecule has 0 aliphatic carbocycles. The van der Waals surface area contributed by atoms with E-state index in [0.717, 1.165) is 53.5 Å². The normalized spacial score (nSPS) is 16.8. The predicted octanol–water partition coefficient (Wildman–Crippen LogP) is 3.75. The molecule has 3 aromatic rings. The van der Waals surface area contributed by atoms with Crippen molar-refractivity contribution in [1.29, 1.82) is 0 Å². The Morgan fingerprint density at radius 2 is 1.68 bits per heavy atom. The van der Waals surface area contributed by atoms with E-state index >= 15 is 0 Å². The quantitative estimate of drug-likeness (QED) is 0.452. The molecule has 2 saturated heterocycles. The third-order valence-corrected chi connectivity index (χ3v) is 8.51. The highest BCUT2D eigenvalue weighted by Gasteiger charge is 2.31. The predicted molar refractivity (Wildman–Crippen MR) is 145 cm³/mol. The van der Waals surface area contributed by atoms with E-state index in [1.807, 2.05) is 30.9 Å². The largest absolute Gasteiger partial charge is 0.497 e. The average molecular weight is 524 g/mol. The smallest absolute Gasteiger partial charge is 0.309 e. The molecule has 4 heterocycles. The maximum atomic E-state index is 13.5. The molecule has 0 unspecified atom stereocenters. The summed E-state index contributed by atoms with van der Waals surface area (Å²) in [6.07, 6.45) is 2.87. The molecule has 2 aliphatic heterocycles. The number of likely N-dealkylation sites (tertiary alicyclic amines) is 1. The number of aromatic nitrogens is 2. The van der Waals surface area contributed by atoms with Gasteiger partial charge in [0.05, 0.1) is 29.9 Å². The molecule has 1 aromatic carbocycles. The third kappa shape index (κ3) is 5.07. The highest BCUT2D eigenvalue weighted by Crippen LogP contribution is 2.36. The second-order valence-electron chi connectivity index (χ2n) is 9.42. The molecule has 2 aliphatic rings.